The molecule has 4 rings (SSSR count). The Bertz CT molecular complexity index is 731. The predicted octanol–water partition coefficient (Wildman–Crippen LogP) is 1.57. The molecule has 8 nitrogen and oxygen atoms in total. The second-order valence-corrected chi connectivity index (χ2v) is 10.2. The summed E-state index contributed by atoms with van der Waals surface area (Å²) in [6.45, 7) is 1.01. The SMILES string of the molecule is C[S+](=O)([O-])N1CCC(c2nnc3n2C(C(=O)NC2CCCCC2)CC3)CC1. The van der Waals surface area contributed by atoms with Crippen molar-refractivity contribution in [3.05, 3.63) is 11.6 Å². The molecular formula is C18H29N5O3S. The number of carbonyl (C=O) groups is 1. The van der Waals surface area contributed by atoms with Gasteiger partial charge in [0.15, 0.2) is 0 Å². The summed E-state index contributed by atoms with van der Waals surface area (Å²) >= 11 is 0. The number of sulfonamides is 1. The van der Waals surface area contributed by atoms with Crippen molar-refractivity contribution in [3.8, 4) is 0 Å². The van der Waals surface area contributed by atoms with Crippen LogP contribution in [0.25, 0.3) is 0 Å². The van der Waals surface area contributed by atoms with E-state index >= 15 is 0 Å². The fourth-order valence-corrected chi connectivity index (χ4v) is 5.63. The van der Waals surface area contributed by atoms with E-state index in [1.165, 1.54) is 29.8 Å². The summed E-state index contributed by atoms with van der Waals surface area (Å²) < 4.78 is 27.0. The Hall–Kier alpha value is -1.32. The molecule has 1 aromatic heterocycles. The van der Waals surface area contributed by atoms with Crippen molar-refractivity contribution in [1.82, 2.24) is 24.4 Å². The Labute approximate surface area is 161 Å². The molecule has 3 aliphatic rings. The zero-order chi connectivity index (χ0) is 19.0. The second-order valence-electron chi connectivity index (χ2n) is 8.18. The van der Waals surface area contributed by atoms with Gasteiger partial charge in [0.2, 0.25) is 5.91 Å². The molecule has 1 aliphatic carbocycles. The summed E-state index contributed by atoms with van der Waals surface area (Å²) in [7, 11) is -3.14. The van der Waals surface area contributed by atoms with Crippen molar-refractivity contribution in [3.63, 3.8) is 0 Å². The van der Waals surface area contributed by atoms with E-state index < -0.39 is 10.4 Å². The quantitative estimate of drug-likeness (QED) is 0.780. The van der Waals surface area contributed by atoms with E-state index in [0.717, 1.165) is 50.2 Å². The zero-order valence-corrected chi connectivity index (χ0v) is 16.7. The number of rotatable bonds is 4. The van der Waals surface area contributed by atoms with Crippen LogP contribution < -0.4 is 5.32 Å². The maximum Gasteiger partial charge on any atom is 0.243 e. The first-order valence-corrected chi connectivity index (χ1v) is 12.0. The van der Waals surface area contributed by atoms with E-state index in [1.54, 1.807) is 0 Å². The van der Waals surface area contributed by atoms with Gasteiger partial charge in [0, 0.05) is 31.5 Å². The minimum absolute atomic E-state index is 0.0928. The highest BCUT2D eigenvalue weighted by Crippen LogP contribution is 2.35. The predicted molar refractivity (Wildman–Crippen MR) is 101 cm³/mol. The Balaban J connectivity index is 1.45. The number of aryl methyl sites for hydroxylation is 1. The van der Waals surface area contributed by atoms with Crippen LogP contribution in [0.15, 0.2) is 0 Å². The van der Waals surface area contributed by atoms with Gasteiger partial charge in [-0.05, 0) is 32.1 Å². The summed E-state index contributed by atoms with van der Waals surface area (Å²) in [6.07, 6.45) is 10.1. The number of fused-ring (bicyclic) bond motifs is 1. The largest absolute Gasteiger partial charge is 0.598 e. The molecule has 0 bridgehead atoms. The van der Waals surface area contributed by atoms with Crippen LogP contribution in [0.3, 0.4) is 0 Å². The van der Waals surface area contributed by atoms with Gasteiger partial charge in [-0.15, -0.1) is 14.5 Å². The zero-order valence-electron chi connectivity index (χ0n) is 15.9. The minimum Gasteiger partial charge on any atom is -0.598 e. The molecule has 1 saturated carbocycles. The molecule has 0 radical (unpaired) electrons. The highest BCUT2D eigenvalue weighted by molar-refractivity contribution is 7.94. The van der Waals surface area contributed by atoms with E-state index in [4.69, 9.17) is 0 Å². The van der Waals surface area contributed by atoms with Crippen LogP contribution in [0.4, 0.5) is 0 Å². The third kappa shape index (κ3) is 3.95. The second kappa shape index (κ2) is 7.60. The number of carbonyl (C=O) groups excluding carboxylic acids is 1. The normalized spacial score (nSPS) is 27.3. The van der Waals surface area contributed by atoms with E-state index in [-0.39, 0.29) is 17.9 Å². The molecular weight excluding hydrogens is 366 g/mol. The number of amides is 1. The van der Waals surface area contributed by atoms with Gasteiger partial charge >= 0.3 is 0 Å². The molecule has 1 amide bonds. The highest BCUT2D eigenvalue weighted by atomic mass is 32.3. The Morgan fingerprint density at radius 3 is 2.48 bits per heavy atom. The van der Waals surface area contributed by atoms with Gasteiger partial charge in [-0.3, -0.25) is 4.79 Å². The fraction of sp³-hybridized carbons (Fsp3) is 0.833. The summed E-state index contributed by atoms with van der Waals surface area (Å²) in [5.41, 5.74) is 0. The molecule has 2 unspecified atom stereocenters. The molecule has 3 heterocycles. The minimum atomic E-state index is -3.14. The van der Waals surface area contributed by atoms with Crippen LogP contribution in [0.2, 0.25) is 0 Å². The Morgan fingerprint density at radius 2 is 1.81 bits per heavy atom. The van der Waals surface area contributed by atoms with Crippen molar-refractivity contribution in [2.24, 2.45) is 0 Å². The maximum atomic E-state index is 12.9. The lowest BCUT2D eigenvalue weighted by molar-refractivity contribution is -0.125. The third-order valence-electron chi connectivity index (χ3n) is 6.29. The van der Waals surface area contributed by atoms with Crippen LogP contribution in [0, 0.1) is 0 Å². The van der Waals surface area contributed by atoms with Gasteiger partial charge in [-0.25, -0.2) is 0 Å². The molecule has 1 saturated heterocycles. The van der Waals surface area contributed by atoms with E-state index in [9.17, 15) is 13.6 Å². The van der Waals surface area contributed by atoms with Crippen LogP contribution in [0.5, 0.6) is 0 Å². The number of hydrogen-bond donors (Lipinski definition) is 1. The van der Waals surface area contributed by atoms with E-state index in [2.05, 4.69) is 15.5 Å². The summed E-state index contributed by atoms with van der Waals surface area (Å²) in [4.78, 5) is 12.9. The summed E-state index contributed by atoms with van der Waals surface area (Å²) in [6, 6.07) is 0.0769. The number of hydrogen-bond acceptors (Lipinski definition) is 5. The Morgan fingerprint density at radius 1 is 1.11 bits per heavy atom. The van der Waals surface area contributed by atoms with Gasteiger partial charge in [-0.1, -0.05) is 23.5 Å². The van der Waals surface area contributed by atoms with Gasteiger partial charge in [0.25, 0.3) is 0 Å². The average molecular weight is 396 g/mol. The molecule has 2 aliphatic heterocycles. The summed E-state index contributed by atoms with van der Waals surface area (Å²) in [5, 5.41) is 12.0. The number of piperidine rings is 1. The van der Waals surface area contributed by atoms with Gasteiger partial charge < -0.3 is 14.4 Å². The molecule has 150 valence electrons. The van der Waals surface area contributed by atoms with Crippen LogP contribution in [0.1, 0.15) is 75.0 Å². The van der Waals surface area contributed by atoms with Crippen molar-refractivity contribution in [2.75, 3.05) is 19.3 Å². The smallest absolute Gasteiger partial charge is 0.243 e. The van der Waals surface area contributed by atoms with Gasteiger partial charge in [-0.2, -0.15) is 0 Å². The molecule has 1 aromatic rings. The van der Waals surface area contributed by atoms with E-state index in [1.807, 2.05) is 4.57 Å². The molecule has 0 aromatic carbocycles. The monoisotopic (exact) mass is 395 g/mol. The number of nitrogens with one attached hydrogen (secondary N) is 1. The number of nitrogens with zero attached hydrogens (tertiary/aromatic N) is 4. The van der Waals surface area contributed by atoms with E-state index in [0.29, 0.717) is 19.1 Å². The van der Waals surface area contributed by atoms with Crippen molar-refractivity contribution < 1.29 is 13.6 Å². The molecule has 9 heteroatoms. The standard InChI is InChI=1S/C18H29N5O3S/c1-27(25,26)22-11-9-13(10-12-22)17-21-20-16-8-7-15(23(16)17)18(24)19-14-5-3-2-4-6-14/h13-15H,2-12H2,1H3,(H-,19,24,25,26). The van der Waals surface area contributed by atoms with Crippen LogP contribution in [-0.4, -0.2) is 54.9 Å². The molecule has 2 fully saturated rings. The lowest BCUT2D eigenvalue weighted by Gasteiger charge is -2.32. The summed E-state index contributed by atoms with van der Waals surface area (Å²) in [5.74, 6) is 2.00. The highest BCUT2D eigenvalue weighted by Gasteiger charge is 2.37. The van der Waals surface area contributed by atoms with Gasteiger partial charge in [0.05, 0.1) is 0 Å². The van der Waals surface area contributed by atoms with Crippen LogP contribution in [-0.2, 0) is 25.8 Å². The average Bonchev–Trinajstić information content (AvgIpc) is 3.24. The van der Waals surface area contributed by atoms with Crippen molar-refractivity contribution in [2.45, 2.75) is 75.8 Å². The first-order chi connectivity index (χ1) is 12.9. The first-order valence-electron chi connectivity index (χ1n) is 10.1. The van der Waals surface area contributed by atoms with Crippen molar-refractivity contribution >= 4 is 16.3 Å². The molecule has 27 heavy (non-hydrogen) atoms. The Kier molecular flexibility index (Phi) is 5.35. The maximum absolute atomic E-state index is 12.9. The first kappa shape index (κ1) is 19.0. The topological polar surface area (TPSA) is 103 Å². The van der Waals surface area contributed by atoms with Crippen LogP contribution >= 0.6 is 0 Å². The molecule has 1 N–H and O–H groups in total. The molecule has 2 atom stereocenters. The van der Waals surface area contributed by atoms with Crippen molar-refractivity contribution in [1.29, 1.82) is 0 Å². The van der Waals surface area contributed by atoms with Gasteiger partial charge in [0.1, 0.15) is 34.3 Å². The third-order valence-corrected chi connectivity index (χ3v) is 7.59. The lowest BCUT2D eigenvalue weighted by Crippen LogP contribution is -2.42. The fourth-order valence-electron chi connectivity index (χ4n) is 4.76. The molecule has 0 spiro atoms. The number of aromatic nitrogens is 3. The lowest BCUT2D eigenvalue weighted by atomic mass is 9.95.